The third-order valence-corrected chi connectivity index (χ3v) is 7.28. The normalized spacial score (nSPS) is 17.6. The van der Waals surface area contributed by atoms with E-state index in [0.717, 1.165) is 31.6 Å². The van der Waals surface area contributed by atoms with Gasteiger partial charge in [-0.2, -0.15) is 0 Å². The molecule has 3 aromatic carbocycles. The lowest BCUT2D eigenvalue weighted by Gasteiger charge is -2.30. The average molecular weight is 546 g/mol. The van der Waals surface area contributed by atoms with Gasteiger partial charge in [0.25, 0.3) is 17.7 Å². The number of carbonyl (C=O) groups excluding carboxylic acids is 2. The van der Waals surface area contributed by atoms with E-state index in [0.29, 0.717) is 17.3 Å². The fraction of sp³-hybridized carbons (Fsp3) is 0.258. The van der Waals surface area contributed by atoms with Crippen molar-refractivity contribution in [1.82, 2.24) is 0 Å². The van der Waals surface area contributed by atoms with Gasteiger partial charge in [-0.1, -0.05) is 30.3 Å². The molecule has 0 unspecified atom stereocenters. The molecule has 2 heterocycles. The number of piperidine rings is 1. The average Bonchev–Trinajstić information content (AvgIpc) is 3.07. The fourth-order valence-corrected chi connectivity index (χ4v) is 5.29. The molecule has 206 valence electrons. The molecule has 0 aliphatic carbocycles. The number of nitrogens with one attached hydrogen (secondary N) is 1. The molecular formula is C31H29F2N3O4. The predicted octanol–water partition coefficient (Wildman–Crippen LogP) is 6.08. The van der Waals surface area contributed by atoms with Gasteiger partial charge in [-0.3, -0.25) is 9.59 Å². The Hall–Kier alpha value is -4.53. The third-order valence-electron chi connectivity index (χ3n) is 7.28. The number of carboxylic acid groups (broad SMARTS) is 1. The number of benzene rings is 3. The first-order valence-electron chi connectivity index (χ1n) is 13.2. The zero-order chi connectivity index (χ0) is 28.3. The number of amides is 2. The number of para-hydroxylation sites is 2. The molecule has 1 fully saturated rings. The van der Waals surface area contributed by atoms with Gasteiger partial charge in [0.15, 0.2) is 0 Å². The van der Waals surface area contributed by atoms with E-state index >= 15 is 0 Å². The third kappa shape index (κ3) is 5.59. The summed E-state index contributed by atoms with van der Waals surface area (Å²) in [5.41, 5.74) is 1.77. The molecule has 2 aliphatic heterocycles. The summed E-state index contributed by atoms with van der Waals surface area (Å²) in [5.74, 6) is -5.68. The number of carbonyl (C=O) groups is 3. The number of carboxylic acids is 1. The Kier molecular flexibility index (Phi) is 7.64. The maximum atomic E-state index is 15.0. The van der Waals surface area contributed by atoms with Gasteiger partial charge in [0, 0.05) is 60.2 Å². The van der Waals surface area contributed by atoms with Gasteiger partial charge in [0.2, 0.25) is 0 Å². The van der Waals surface area contributed by atoms with Gasteiger partial charge < -0.3 is 20.2 Å². The number of nitrogens with zero attached hydrogens (tertiary/aromatic N) is 2. The summed E-state index contributed by atoms with van der Waals surface area (Å²) in [6, 6.07) is 19.8. The number of hydrogen-bond acceptors (Lipinski definition) is 4. The molecular weight excluding hydrogens is 516 g/mol. The maximum Gasteiger partial charge on any atom is 0.328 e. The van der Waals surface area contributed by atoms with Crippen molar-refractivity contribution in [3.63, 3.8) is 0 Å². The smallest absolute Gasteiger partial charge is 0.328 e. The zero-order valence-corrected chi connectivity index (χ0v) is 21.8. The fourth-order valence-electron chi connectivity index (χ4n) is 5.29. The van der Waals surface area contributed by atoms with Crippen LogP contribution in [0.2, 0.25) is 0 Å². The first kappa shape index (κ1) is 27.1. The van der Waals surface area contributed by atoms with Crippen LogP contribution in [-0.2, 0) is 4.79 Å². The maximum absolute atomic E-state index is 15.0. The van der Waals surface area contributed by atoms with Gasteiger partial charge in [0.1, 0.15) is 0 Å². The van der Waals surface area contributed by atoms with Crippen LogP contribution in [0, 0.1) is 0 Å². The van der Waals surface area contributed by atoms with Gasteiger partial charge in [-0.25, -0.2) is 13.6 Å². The van der Waals surface area contributed by atoms with Crippen molar-refractivity contribution in [2.24, 2.45) is 0 Å². The Labute approximate surface area is 230 Å². The van der Waals surface area contributed by atoms with Crippen LogP contribution in [0.15, 0.2) is 78.9 Å². The van der Waals surface area contributed by atoms with Gasteiger partial charge >= 0.3 is 5.97 Å². The lowest BCUT2D eigenvalue weighted by Crippen LogP contribution is -2.33. The molecule has 0 atom stereocenters. The van der Waals surface area contributed by atoms with Crippen LogP contribution in [0.5, 0.6) is 0 Å². The quantitative estimate of drug-likeness (QED) is 0.379. The van der Waals surface area contributed by atoms with Crippen molar-refractivity contribution in [2.75, 3.05) is 34.8 Å². The molecule has 0 saturated carbocycles. The summed E-state index contributed by atoms with van der Waals surface area (Å²) < 4.78 is 29.9. The molecule has 2 N–H and O–H groups in total. The van der Waals surface area contributed by atoms with Crippen LogP contribution < -0.4 is 15.1 Å². The van der Waals surface area contributed by atoms with E-state index in [4.69, 9.17) is 0 Å². The molecule has 2 amide bonds. The van der Waals surface area contributed by atoms with Crippen molar-refractivity contribution in [3.05, 3.63) is 95.6 Å². The lowest BCUT2D eigenvalue weighted by molar-refractivity contribution is -0.131. The Morgan fingerprint density at radius 1 is 0.825 bits per heavy atom. The SMILES string of the molecule is O=C(O)C=C1c2ccccc2N(C(=O)c2ccc(NC(=O)c3ccccc3N3CCCCC3)cc2)CCC1(F)F. The second-order valence-electron chi connectivity index (χ2n) is 9.92. The van der Waals surface area contributed by atoms with E-state index in [1.54, 1.807) is 24.3 Å². The number of alkyl halides is 2. The molecule has 0 spiro atoms. The molecule has 40 heavy (non-hydrogen) atoms. The molecule has 1 saturated heterocycles. The van der Waals surface area contributed by atoms with Crippen LogP contribution in [0.1, 0.15) is 52.0 Å². The Bertz CT molecular complexity index is 1460. The number of hydrogen-bond donors (Lipinski definition) is 2. The van der Waals surface area contributed by atoms with E-state index < -0.39 is 29.8 Å². The van der Waals surface area contributed by atoms with Gasteiger partial charge in [0.05, 0.1) is 11.3 Å². The predicted molar refractivity (Wildman–Crippen MR) is 150 cm³/mol. The molecule has 9 heteroatoms. The van der Waals surface area contributed by atoms with Crippen LogP contribution >= 0.6 is 0 Å². The summed E-state index contributed by atoms with van der Waals surface area (Å²) in [7, 11) is 0. The second kappa shape index (κ2) is 11.3. The summed E-state index contributed by atoms with van der Waals surface area (Å²) in [5, 5.41) is 12.1. The van der Waals surface area contributed by atoms with Crippen molar-refractivity contribution >= 4 is 40.4 Å². The summed E-state index contributed by atoms with van der Waals surface area (Å²) in [6.07, 6.45) is 3.13. The van der Waals surface area contributed by atoms with Crippen molar-refractivity contribution < 1.29 is 28.3 Å². The van der Waals surface area contributed by atoms with Crippen LogP contribution in [0.4, 0.5) is 25.8 Å². The molecule has 0 bridgehead atoms. The highest BCUT2D eigenvalue weighted by Gasteiger charge is 2.41. The Morgan fingerprint density at radius 3 is 2.17 bits per heavy atom. The van der Waals surface area contributed by atoms with Gasteiger partial charge in [-0.05, 0) is 61.7 Å². The molecule has 3 aromatic rings. The second-order valence-corrected chi connectivity index (χ2v) is 9.92. The monoisotopic (exact) mass is 545 g/mol. The van der Waals surface area contributed by atoms with Crippen LogP contribution in [-0.4, -0.2) is 48.4 Å². The van der Waals surface area contributed by atoms with E-state index in [1.165, 1.54) is 41.7 Å². The van der Waals surface area contributed by atoms with Crippen molar-refractivity contribution in [1.29, 1.82) is 0 Å². The Morgan fingerprint density at radius 2 is 1.48 bits per heavy atom. The summed E-state index contributed by atoms with van der Waals surface area (Å²) >= 11 is 0. The minimum Gasteiger partial charge on any atom is -0.478 e. The number of halogens is 2. The summed E-state index contributed by atoms with van der Waals surface area (Å²) in [4.78, 5) is 41.4. The van der Waals surface area contributed by atoms with Crippen molar-refractivity contribution in [3.8, 4) is 0 Å². The van der Waals surface area contributed by atoms with E-state index in [2.05, 4.69) is 10.2 Å². The Balaban J connectivity index is 1.36. The molecule has 5 rings (SSSR count). The standard InChI is InChI=1S/C31H29F2N3O4/c32-31(33)16-19-36(27-11-5-2-8-23(27)25(31)20-28(37)38)30(40)21-12-14-22(15-13-21)34-29(39)24-9-3-4-10-26(24)35-17-6-1-7-18-35/h2-5,8-15,20H,1,6-7,16-19H2,(H,34,39)(H,37,38). The highest BCUT2D eigenvalue weighted by molar-refractivity contribution is 6.10. The minimum atomic E-state index is -3.43. The van der Waals surface area contributed by atoms with E-state index in [1.807, 2.05) is 18.2 Å². The number of aliphatic carboxylic acids is 1. The largest absolute Gasteiger partial charge is 0.478 e. The van der Waals surface area contributed by atoms with E-state index in [-0.39, 0.29) is 29.3 Å². The molecule has 0 aromatic heterocycles. The number of rotatable bonds is 5. The molecule has 0 radical (unpaired) electrons. The number of allylic oxidation sites excluding steroid dienone is 1. The van der Waals surface area contributed by atoms with Gasteiger partial charge in [-0.15, -0.1) is 0 Å². The topological polar surface area (TPSA) is 90.0 Å². The molecule has 2 aliphatic rings. The van der Waals surface area contributed by atoms with Crippen LogP contribution in [0.3, 0.4) is 0 Å². The first-order chi connectivity index (χ1) is 19.2. The lowest BCUT2D eigenvalue weighted by atomic mass is 9.97. The number of fused-ring (bicyclic) bond motifs is 1. The highest BCUT2D eigenvalue weighted by Crippen LogP contribution is 2.43. The van der Waals surface area contributed by atoms with Crippen molar-refractivity contribution in [2.45, 2.75) is 31.6 Å². The number of anilines is 3. The first-order valence-corrected chi connectivity index (χ1v) is 13.2. The van der Waals surface area contributed by atoms with E-state index in [9.17, 15) is 28.3 Å². The highest BCUT2D eigenvalue weighted by atomic mass is 19.3. The zero-order valence-electron chi connectivity index (χ0n) is 21.8. The summed E-state index contributed by atoms with van der Waals surface area (Å²) in [6.45, 7) is 1.51. The van der Waals surface area contributed by atoms with Crippen LogP contribution in [0.25, 0.3) is 5.57 Å². The molecule has 7 nitrogen and oxygen atoms in total. The minimum absolute atomic E-state index is 0.00277.